The van der Waals surface area contributed by atoms with Crippen molar-refractivity contribution in [3.8, 4) is 0 Å². The average molecular weight is 307 g/mol. The molecule has 0 aliphatic carbocycles. The van der Waals surface area contributed by atoms with Gasteiger partial charge in [0, 0.05) is 24.5 Å². The highest BCUT2D eigenvalue weighted by Crippen LogP contribution is 2.10. The summed E-state index contributed by atoms with van der Waals surface area (Å²) in [7, 11) is 0. The van der Waals surface area contributed by atoms with Crippen molar-refractivity contribution >= 4 is 11.7 Å². The molecule has 0 aromatic heterocycles. The van der Waals surface area contributed by atoms with E-state index in [0.29, 0.717) is 18.5 Å². The topological polar surface area (TPSA) is 46.2 Å². The molecule has 0 aromatic rings. The van der Waals surface area contributed by atoms with Crippen molar-refractivity contribution in [1.29, 1.82) is 0 Å². The molecule has 0 unspecified atom stereocenters. The molecule has 0 heterocycles. The maximum absolute atomic E-state index is 11.7. The van der Waals surface area contributed by atoms with Gasteiger partial charge in [0.05, 0.1) is 0 Å². The van der Waals surface area contributed by atoms with Crippen LogP contribution in [0, 0.1) is 11.8 Å². The number of carbonyl (C=O) groups is 2. The van der Waals surface area contributed by atoms with Gasteiger partial charge in [-0.25, -0.2) is 0 Å². The second-order valence-electron chi connectivity index (χ2n) is 6.80. The van der Waals surface area contributed by atoms with Crippen LogP contribution in [0.4, 0.5) is 0 Å². The highest BCUT2D eigenvalue weighted by molar-refractivity contribution is 5.98. The fourth-order valence-corrected chi connectivity index (χ4v) is 2.13. The SMILES string of the molecule is C=C(/C=C(\C)CNC(=O)CCCCCC(C)C)C(=O)C(C)C. The minimum atomic E-state index is -0.0445. The predicted octanol–water partition coefficient (Wildman–Crippen LogP) is 4.44. The molecule has 0 rings (SSSR count). The van der Waals surface area contributed by atoms with Gasteiger partial charge in [-0.2, -0.15) is 0 Å². The summed E-state index contributed by atoms with van der Waals surface area (Å²) >= 11 is 0. The molecule has 22 heavy (non-hydrogen) atoms. The molecule has 0 aromatic carbocycles. The van der Waals surface area contributed by atoms with Crippen LogP contribution in [0.2, 0.25) is 0 Å². The van der Waals surface area contributed by atoms with Gasteiger partial charge in [0.15, 0.2) is 5.78 Å². The Bertz CT molecular complexity index is 406. The van der Waals surface area contributed by atoms with E-state index in [9.17, 15) is 9.59 Å². The van der Waals surface area contributed by atoms with Gasteiger partial charge in [0.1, 0.15) is 0 Å². The molecule has 0 aliphatic rings. The first-order chi connectivity index (χ1) is 10.2. The molecular formula is C19H33NO2. The van der Waals surface area contributed by atoms with Crippen LogP contribution in [0.1, 0.15) is 66.7 Å². The number of nitrogens with one attached hydrogen (secondary N) is 1. The van der Waals surface area contributed by atoms with Gasteiger partial charge in [0.2, 0.25) is 5.91 Å². The summed E-state index contributed by atoms with van der Waals surface area (Å²) in [6.07, 6.45) is 6.83. The lowest BCUT2D eigenvalue weighted by atomic mass is 10.0. The average Bonchev–Trinajstić information content (AvgIpc) is 2.43. The van der Waals surface area contributed by atoms with E-state index in [2.05, 4.69) is 25.7 Å². The lowest BCUT2D eigenvalue weighted by Crippen LogP contribution is -2.24. The molecule has 0 radical (unpaired) electrons. The third kappa shape index (κ3) is 10.4. The first-order valence-corrected chi connectivity index (χ1v) is 8.41. The number of carbonyl (C=O) groups excluding carboxylic acids is 2. The number of Topliss-reactive ketones (excluding diaryl/α,β-unsaturated/α-hetero) is 1. The standard InChI is InChI=1S/C19H33NO2/c1-14(2)10-8-7-9-11-18(21)20-13-16(5)12-17(6)19(22)15(3)4/h12,14-15H,6-11,13H2,1-5H3,(H,20,21)/b16-12+. The Labute approximate surface area is 136 Å². The van der Waals surface area contributed by atoms with Crippen molar-refractivity contribution in [1.82, 2.24) is 5.32 Å². The zero-order valence-electron chi connectivity index (χ0n) is 15.0. The Hall–Kier alpha value is -1.38. The fraction of sp³-hybridized carbons (Fsp3) is 0.684. The summed E-state index contributed by atoms with van der Waals surface area (Å²) in [5.74, 6) is 0.828. The summed E-state index contributed by atoms with van der Waals surface area (Å²) in [6, 6.07) is 0. The molecule has 126 valence electrons. The molecule has 0 fully saturated rings. The molecule has 0 aliphatic heterocycles. The van der Waals surface area contributed by atoms with E-state index in [1.54, 1.807) is 6.08 Å². The Morgan fingerprint density at radius 3 is 2.27 bits per heavy atom. The van der Waals surface area contributed by atoms with Crippen molar-refractivity contribution in [2.45, 2.75) is 66.7 Å². The van der Waals surface area contributed by atoms with Crippen LogP contribution in [0.15, 0.2) is 23.8 Å². The maximum Gasteiger partial charge on any atom is 0.220 e. The molecule has 1 N–H and O–H groups in total. The summed E-state index contributed by atoms with van der Waals surface area (Å²) in [5.41, 5.74) is 1.46. The van der Waals surface area contributed by atoms with E-state index < -0.39 is 0 Å². The number of hydrogen-bond donors (Lipinski definition) is 1. The number of amides is 1. The predicted molar refractivity (Wildman–Crippen MR) is 93.7 cm³/mol. The van der Waals surface area contributed by atoms with E-state index in [-0.39, 0.29) is 17.6 Å². The molecule has 0 saturated heterocycles. The summed E-state index contributed by atoms with van der Waals surface area (Å²) in [6.45, 7) is 14.3. The van der Waals surface area contributed by atoms with E-state index in [0.717, 1.165) is 24.3 Å². The van der Waals surface area contributed by atoms with Gasteiger partial charge >= 0.3 is 0 Å². The largest absolute Gasteiger partial charge is 0.352 e. The first-order valence-electron chi connectivity index (χ1n) is 8.41. The molecule has 3 nitrogen and oxygen atoms in total. The van der Waals surface area contributed by atoms with Gasteiger partial charge in [-0.15, -0.1) is 0 Å². The molecular weight excluding hydrogens is 274 g/mol. The normalized spacial score (nSPS) is 11.9. The second kappa shape index (κ2) is 11.2. The first kappa shape index (κ1) is 20.6. The van der Waals surface area contributed by atoms with Crippen LogP contribution >= 0.6 is 0 Å². The van der Waals surface area contributed by atoms with Crippen LogP contribution in [-0.2, 0) is 9.59 Å². The van der Waals surface area contributed by atoms with Gasteiger partial charge in [-0.05, 0) is 19.3 Å². The van der Waals surface area contributed by atoms with Crippen LogP contribution in [-0.4, -0.2) is 18.2 Å². The third-order valence-electron chi connectivity index (χ3n) is 3.51. The highest BCUT2D eigenvalue weighted by Gasteiger charge is 2.09. The van der Waals surface area contributed by atoms with Crippen LogP contribution in [0.3, 0.4) is 0 Å². The zero-order chi connectivity index (χ0) is 17.1. The van der Waals surface area contributed by atoms with Crippen molar-refractivity contribution in [2.24, 2.45) is 11.8 Å². The van der Waals surface area contributed by atoms with Gasteiger partial charge < -0.3 is 5.32 Å². The molecule has 0 saturated carbocycles. The monoisotopic (exact) mass is 307 g/mol. The molecule has 1 amide bonds. The van der Waals surface area contributed by atoms with Crippen molar-refractivity contribution < 1.29 is 9.59 Å². The van der Waals surface area contributed by atoms with Crippen LogP contribution < -0.4 is 5.32 Å². The van der Waals surface area contributed by atoms with E-state index in [1.165, 1.54) is 12.8 Å². The number of hydrogen-bond acceptors (Lipinski definition) is 2. The summed E-state index contributed by atoms with van der Waals surface area (Å²) < 4.78 is 0. The van der Waals surface area contributed by atoms with E-state index in [1.807, 2.05) is 20.8 Å². The minimum Gasteiger partial charge on any atom is -0.352 e. The zero-order valence-corrected chi connectivity index (χ0v) is 15.0. The molecule has 0 bridgehead atoms. The lowest BCUT2D eigenvalue weighted by molar-refractivity contribution is -0.121. The second-order valence-corrected chi connectivity index (χ2v) is 6.80. The van der Waals surface area contributed by atoms with E-state index >= 15 is 0 Å². The van der Waals surface area contributed by atoms with Gasteiger partial charge in [0.25, 0.3) is 0 Å². The number of unbranched alkanes of at least 4 members (excludes halogenated alkanes) is 2. The lowest BCUT2D eigenvalue weighted by Gasteiger charge is -2.08. The quantitative estimate of drug-likeness (QED) is 0.348. The van der Waals surface area contributed by atoms with Gasteiger partial charge in [-0.1, -0.05) is 65.2 Å². The number of rotatable bonds is 11. The summed E-state index contributed by atoms with van der Waals surface area (Å²) in [5, 5.41) is 2.90. The van der Waals surface area contributed by atoms with Crippen LogP contribution in [0.25, 0.3) is 0 Å². The number of allylic oxidation sites excluding steroid dienone is 2. The van der Waals surface area contributed by atoms with Crippen molar-refractivity contribution in [3.63, 3.8) is 0 Å². The highest BCUT2D eigenvalue weighted by atomic mass is 16.1. The summed E-state index contributed by atoms with van der Waals surface area (Å²) in [4.78, 5) is 23.5. The van der Waals surface area contributed by atoms with Crippen molar-refractivity contribution in [2.75, 3.05) is 6.54 Å². The molecule has 3 heteroatoms. The Balaban J connectivity index is 3.94. The third-order valence-corrected chi connectivity index (χ3v) is 3.51. The molecule has 0 atom stereocenters. The fourth-order valence-electron chi connectivity index (χ4n) is 2.13. The maximum atomic E-state index is 11.7. The Kier molecular flexibility index (Phi) is 10.5. The minimum absolute atomic E-state index is 0.0445. The van der Waals surface area contributed by atoms with Gasteiger partial charge in [-0.3, -0.25) is 9.59 Å². The Morgan fingerprint density at radius 2 is 1.73 bits per heavy atom. The number of ketones is 1. The molecule has 0 spiro atoms. The van der Waals surface area contributed by atoms with E-state index in [4.69, 9.17) is 0 Å². The van der Waals surface area contributed by atoms with Crippen LogP contribution in [0.5, 0.6) is 0 Å². The smallest absolute Gasteiger partial charge is 0.220 e. The Morgan fingerprint density at radius 1 is 1.09 bits per heavy atom. The van der Waals surface area contributed by atoms with Crippen molar-refractivity contribution in [3.05, 3.63) is 23.8 Å².